The van der Waals surface area contributed by atoms with Crippen LogP contribution in [0.3, 0.4) is 0 Å². The fraction of sp³-hybridized carbons (Fsp3) is 0.462. The Hall–Kier alpha value is -2.37. The molecule has 0 aliphatic carbocycles. The van der Waals surface area contributed by atoms with Crippen LogP contribution in [0.25, 0.3) is 0 Å². The first-order valence-corrected chi connectivity index (χ1v) is 12.0. The number of carbonyl (C=O) groups excluding carboxylic acids is 2. The van der Waals surface area contributed by atoms with Gasteiger partial charge in [0.1, 0.15) is 11.6 Å². The minimum atomic E-state index is -0.711. The quantitative estimate of drug-likeness (QED) is 0.695. The molecule has 6 heteroatoms. The van der Waals surface area contributed by atoms with E-state index in [4.69, 9.17) is 11.6 Å². The van der Waals surface area contributed by atoms with Crippen LogP contribution in [-0.2, 0) is 22.4 Å². The Balaban J connectivity index is 1.41. The zero-order valence-corrected chi connectivity index (χ0v) is 19.5. The first-order chi connectivity index (χ1) is 15.5. The number of rotatable bonds is 7. The summed E-state index contributed by atoms with van der Waals surface area (Å²) in [7, 11) is 0. The number of hydrogen-bond acceptors (Lipinski definition) is 3. The monoisotopic (exact) mass is 453 g/mol. The highest BCUT2D eigenvalue weighted by Gasteiger charge is 2.53. The average Bonchev–Trinajstić information content (AvgIpc) is 2.81. The summed E-state index contributed by atoms with van der Waals surface area (Å²) >= 11 is 5.98. The standard InChI is InChI=1S/C26H32ClN3O2/c1-2-15-30-24(31)23(19-21-6-4-3-5-7-21)28-25(32)26(30)13-17-29(18-14-26)16-12-20-8-10-22(27)11-9-20/h3-11,23H,2,12-19H2,1H3,(H,28,32). The molecule has 2 aromatic carbocycles. The lowest BCUT2D eigenvalue weighted by Gasteiger charge is -2.51. The molecule has 0 saturated carbocycles. The molecule has 0 aromatic heterocycles. The van der Waals surface area contributed by atoms with Gasteiger partial charge in [0.2, 0.25) is 11.8 Å². The smallest absolute Gasteiger partial charge is 0.246 e. The van der Waals surface area contributed by atoms with E-state index in [0.29, 0.717) is 25.8 Å². The van der Waals surface area contributed by atoms with Crippen molar-refractivity contribution in [3.8, 4) is 0 Å². The summed E-state index contributed by atoms with van der Waals surface area (Å²) in [6, 6.07) is 17.4. The van der Waals surface area contributed by atoms with E-state index in [-0.39, 0.29) is 11.8 Å². The van der Waals surface area contributed by atoms with Gasteiger partial charge in [0.15, 0.2) is 0 Å². The molecule has 32 heavy (non-hydrogen) atoms. The summed E-state index contributed by atoms with van der Waals surface area (Å²) in [5.74, 6) is 0.0775. The van der Waals surface area contributed by atoms with Crippen LogP contribution in [0.2, 0.25) is 5.02 Å². The maximum absolute atomic E-state index is 13.4. The Morgan fingerprint density at radius 3 is 2.31 bits per heavy atom. The van der Waals surface area contributed by atoms with Crippen molar-refractivity contribution in [3.05, 3.63) is 70.7 Å². The van der Waals surface area contributed by atoms with Crippen LogP contribution in [-0.4, -0.2) is 59.4 Å². The second-order valence-corrected chi connectivity index (χ2v) is 9.39. The molecular weight excluding hydrogens is 422 g/mol. The molecule has 2 aliphatic rings. The third-order valence-corrected chi connectivity index (χ3v) is 7.10. The van der Waals surface area contributed by atoms with Crippen LogP contribution in [0.15, 0.2) is 54.6 Å². The predicted molar refractivity (Wildman–Crippen MR) is 128 cm³/mol. The highest BCUT2D eigenvalue weighted by molar-refractivity contribution is 6.30. The van der Waals surface area contributed by atoms with Crippen LogP contribution in [0.4, 0.5) is 0 Å². The Kier molecular flexibility index (Phi) is 7.17. The van der Waals surface area contributed by atoms with Crippen LogP contribution < -0.4 is 5.32 Å². The second kappa shape index (κ2) is 10.1. The molecule has 1 unspecified atom stereocenters. The van der Waals surface area contributed by atoms with Gasteiger partial charge in [-0.2, -0.15) is 0 Å². The fourth-order valence-corrected chi connectivity index (χ4v) is 5.12. The molecule has 0 radical (unpaired) electrons. The van der Waals surface area contributed by atoms with Crippen molar-refractivity contribution in [3.63, 3.8) is 0 Å². The zero-order chi connectivity index (χ0) is 22.6. The third-order valence-electron chi connectivity index (χ3n) is 6.85. The van der Waals surface area contributed by atoms with Crippen molar-refractivity contribution in [2.45, 2.75) is 50.6 Å². The first kappa shape index (κ1) is 22.8. The number of nitrogens with one attached hydrogen (secondary N) is 1. The SMILES string of the molecule is CCCN1C(=O)C(Cc2ccccc2)NC(=O)C12CCN(CCc1ccc(Cl)cc1)CC2. The highest BCUT2D eigenvalue weighted by Crippen LogP contribution is 2.33. The van der Waals surface area contributed by atoms with E-state index >= 15 is 0 Å². The van der Waals surface area contributed by atoms with E-state index in [9.17, 15) is 9.59 Å². The van der Waals surface area contributed by atoms with Gasteiger partial charge in [-0.25, -0.2) is 0 Å². The maximum Gasteiger partial charge on any atom is 0.246 e. The summed E-state index contributed by atoms with van der Waals surface area (Å²) < 4.78 is 0. The summed E-state index contributed by atoms with van der Waals surface area (Å²) in [5, 5.41) is 3.83. The van der Waals surface area contributed by atoms with Crippen LogP contribution in [0.5, 0.6) is 0 Å². The maximum atomic E-state index is 13.4. The van der Waals surface area contributed by atoms with E-state index in [1.807, 2.05) is 47.4 Å². The number of benzene rings is 2. The van der Waals surface area contributed by atoms with Gasteiger partial charge in [-0.1, -0.05) is 61.0 Å². The summed E-state index contributed by atoms with van der Waals surface area (Å²) in [6.07, 6.45) is 3.70. The van der Waals surface area contributed by atoms with Crippen molar-refractivity contribution in [1.29, 1.82) is 0 Å². The van der Waals surface area contributed by atoms with Crippen molar-refractivity contribution < 1.29 is 9.59 Å². The van der Waals surface area contributed by atoms with Crippen LogP contribution >= 0.6 is 11.6 Å². The van der Waals surface area contributed by atoms with Gasteiger partial charge in [-0.3, -0.25) is 9.59 Å². The number of likely N-dealkylation sites (tertiary alicyclic amines) is 1. The minimum absolute atomic E-state index is 0.0174. The molecule has 4 rings (SSSR count). The molecule has 2 heterocycles. The van der Waals surface area contributed by atoms with Gasteiger partial charge in [0.25, 0.3) is 0 Å². The van der Waals surface area contributed by atoms with Gasteiger partial charge in [0, 0.05) is 37.6 Å². The lowest BCUT2D eigenvalue weighted by Crippen LogP contribution is -2.73. The normalized spacial score (nSPS) is 21.1. The molecule has 2 amide bonds. The number of piperazine rings is 1. The van der Waals surface area contributed by atoms with E-state index in [0.717, 1.165) is 43.1 Å². The topological polar surface area (TPSA) is 52.7 Å². The van der Waals surface area contributed by atoms with E-state index in [2.05, 4.69) is 29.3 Å². The molecule has 2 aliphatic heterocycles. The van der Waals surface area contributed by atoms with Crippen molar-refractivity contribution >= 4 is 23.4 Å². The molecular formula is C26H32ClN3O2. The molecule has 170 valence electrons. The van der Waals surface area contributed by atoms with Crippen molar-refractivity contribution in [1.82, 2.24) is 15.1 Å². The molecule has 2 saturated heterocycles. The van der Waals surface area contributed by atoms with Crippen molar-refractivity contribution in [2.24, 2.45) is 0 Å². The zero-order valence-electron chi connectivity index (χ0n) is 18.7. The largest absolute Gasteiger partial charge is 0.342 e. The number of nitrogens with zero attached hydrogens (tertiary/aromatic N) is 2. The lowest BCUT2D eigenvalue weighted by atomic mass is 9.81. The molecule has 1 atom stereocenters. The van der Waals surface area contributed by atoms with Gasteiger partial charge in [-0.15, -0.1) is 0 Å². The van der Waals surface area contributed by atoms with Gasteiger partial charge in [-0.05, 0) is 48.9 Å². The number of amides is 2. The fourth-order valence-electron chi connectivity index (χ4n) is 4.99. The summed E-state index contributed by atoms with van der Waals surface area (Å²) in [5.41, 5.74) is 1.61. The molecule has 2 aromatic rings. The molecule has 5 nitrogen and oxygen atoms in total. The van der Waals surface area contributed by atoms with E-state index in [1.165, 1.54) is 5.56 Å². The van der Waals surface area contributed by atoms with Gasteiger partial charge < -0.3 is 15.1 Å². The molecule has 2 fully saturated rings. The molecule has 0 bridgehead atoms. The van der Waals surface area contributed by atoms with Gasteiger partial charge >= 0.3 is 0 Å². The number of hydrogen-bond donors (Lipinski definition) is 1. The Morgan fingerprint density at radius 1 is 0.969 bits per heavy atom. The second-order valence-electron chi connectivity index (χ2n) is 8.96. The summed E-state index contributed by atoms with van der Waals surface area (Å²) in [4.78, 5) is 31.1. The number of halogens is 1. The summed E-state index contributed by atoms with van der Waals surface area (Å²) in [6.45, 7) is 5.27. The minimum Gasteiger partial charge on any atom is -0.342 e. The number of carbonyl (C=O) groups is 2. The third kappa shape index (κ3) is 4.84. The van der Waals surface area contributed by atoms with E-state index < -0.39 is 11.6 Å². The van der Waals surface area contributed by atoms with Crippen LogP contribution in [0, 0.1) is 0 Å². The Morgan fingerprint density at radius 2 is 1.66 bits per heavy atom. The average molecular weight is 454 g/mol. The van der Waals surface area contributed by atoms with Crippen molar-refractivity contribution in [2.75, 3.05) is 26.2 Å². The molecule has 1 N–H and O–H groups in total. The number of piperidine rings is 1. The Labute approximate surface area is 195 Å². The van der Waals surface area contributed by atoms with Gasteiger partial charge in [0.05, 0.1) is 0 Å². The first-order valence-electron chi connectivity index (χ1n) is 11.6. The lowest BCUT2D eigenvalue weighted by molar-refractivity contribution is -0.161. The predicted octanol–water partition coefficient (Wildman–Crippen LogP) is 3.70. The van der Waals surface area contributed by atoms with E-state index in [1.54, 1.807) is 0 Å². The highest BCUT2D eigenvalue weighted by atomic mass is 35.5. The molecule has 1 spiro atoms. The Bertz CT molecular complexity index is 924. The van der Waals surface area contributed by atoms with Crippen LogP contribution in [0.1, 0.15) is 37.3 Å².